The van der Waals surface area contributed by atoms with Crippen LogP contribution in [-0.4, -0.2) is 40.8 Å². The quantitative estimate of drug-likeness (QED) is 0.367. The lowest BCUT2D eigenvalue weighted by Crippen LogP contribution is -2.51. The topological polar surface area (TPSA) is 96.5 Å². The number of alkyl carbamates (subject to hydrolysis) is 1. The number of hydrogen-bond donors (Lipinski definition) is 4. The summed E-state index contributed by atoms with van der Waals surface area (Å²) in [4.78, 5) is 39.2. The first-order valence-corrected chi connectivity index (χ1v) is 14.4. The highest BCUT2D eigenvalue weighted by Gasteiger charge is 2.36. The van der Waals surface area contributed by atoms with E-state index < -0.39 is 46.3 Å². The molecule has 1 aliphatic carbocycles. The van der Waals surface area contributed by atoms with Crippen molar-refractivity contribution in [1.29, 1.82) is 0 Å². The number of hydrogen-bond acceptors (Lipinski definition) is 4. The molecule has 2 aromatic carbocycles. The van der Waals surface area contributed by atoms with Gasteiger partial charge < -0.3 is 20.7 Å². The van der Waals surface area contributed by atoms with Gasteiger partial charge in [0.15, 0.2) is 0 Å². The number of halogens is 2. The monoisotopic (exact) mass is 549 g/mol. The van der Waals surface area contributed by atoms with Crippen LogP contribution >= 0.6 is 22.5 Å². The van der Waals surface area contributed by atoms with E-state index in [0.717, 1.165) is 24.8 Å². The van der Waals surface area contributed by atoms with E-state index in [1.54, 1.807) is 32.9 Å². The van der Waals surface area contributed by atoms with Crippen molar-refractivity contribution in [2.24, 2.45) is 0 Å². The van der Waals surface area contributed by atoms with Crippen molar-refractivity contribution in [2.75, 3.05) is 11.1 Å². The van der Waals surface area contributed by atoms with E-state index in [-0.39, 0.29) is 16.9 Å². The molecule has 1 fully saturated rings. The van der Waals surface area contributed by atoms with Crippen molar-refractivity contribution in [3.05, 3.63) is 58.4 Å². The van der Waals surface area contributed by atoms with Gasteiger partial charge in [0.2, 0.25) is 5.91 Å². The van der Waals surface area contributed by atoms with Gasteiger partial charge in [0, 0.05) is 27.0 Å². The number of ether oxygens (including phenoxy) is 1. The van der Waals surface area contributed by atoms with Crippen molar-refractivity contribution in [2.45, 2.75) is 74.8 Å². The summed E-state index contributed by atoms with van der Waals surface area (Å²) in [5.41, 5.74) is 0.150. The molecule has 0 bridgehead atoms. The van der Waals surface area contributed by atoms with Gasteiger partial charge in [-0.1, -0.05) is 23.7 Å². The predicted octanol–water partition coefficient (Wildman–Crippen LogP) is 5.56. The van der Waals surface area contributed by atoms with Gasteiger partial charge in [-0.15, -0.1) is 0 Å². The second-order valence-electron chi connectivity index (χ2n) is 10.9. The summed E-state index contributed by atoms with van der Waals surface area (Å²) in [5, 5.41) is 9.01. The van der Waals surface area contributed by atoms with Crippen LogP contribution in [0.15, 0.2) is 41.3 Å². The Bertz CT molecular complexity index is 1210. The van der Waals surface area contributed by atoms with E-state index in [1.165, 1.54) is 12.1 Å². The van der Waals surface area contributed by atoms with Crippen molar-refractivity contribution in [3.8, 4) is 0 Å². The maximum Gasteiger partial charge on any atom is 0.408 e. The number of thiol groups is 1. The van der Waals surface area contributed by atoms with Crippen LogP contribution in [0.4, 0.5) is 14.9 Å². The third kappa shape index (κ3) is 6.76. The van der Waals surface area contributed by atoms with Gasteiger partial charge in [0.1, 0.15) is 17.5 Å². The molecule has 200 valence electrons. The first-order valence-electron chi connectivity index (χ1n) is 12.3. The third-order valence-corrected chi connectivity index (χ3v) is 9.35. The molecule has 0 saturated heterocycles. The molecule has 37 heavy (non-hydrogen) atoms. The number of benzene rings is 2. The Labute approximate surface area is 224 Å². The Kier molecular flexibility index (Phi) is 7.76. The van der Waals surface area contributed by atoms with Crippen LogP contribution in [0.3, 0.4) is 0 Å². The second kappa shape index (κ2) is 10.5. The first-order chi connectivity index (χ1) is 17.3. The van der Waals surface area contributed by atoms with Crippen LogP contribution in [0.2, 0.25) is 5.02 Å². The number of nitrogens with one attached hydrogen (secondary N) is 3. The van der Waals surface area contributed by atoms with E-state index in [1.807, 2.05) is 19.1 Å². The molecule has 3 N–H and O–H groups in total. The van der Waals surface area contributed by atoms with E-state index >= 15 is 4.39 Å². The van der Waals surface area contributed by atoms with Crippen LogP contribution in [0.1, 0.15) is 62.9 Å². The molecule has 0 aromatic heterocycles. The third-order valence-electron chi connectivity index (χ3n) is 6.50. The average molecular weight is 550 g/mol. The number of rotatable bonds is 5. The van der Waals surface area contributed by atoms with Crippen molar-refractivity contribution >= 4 is 46.1 Å². The van der Waals surface area contributed by atoms with E-state index in [2.05, 4.69) is 16.0 Å². The highest BCUT2D eigenvalue weighted by Crippen LogP contribution is 2.47. The van der Waals surface area contributed by atoms with Crippen molar-refractivity contribution in [1.82, 2.24) is 10.6 Å². The molecule has 2 atom stereocenters. The fourth-order valence-corrected chi connectivity index (χ4v) is 7.14. The van der Waals surface area contributed by atoms with E-state index in [9.17, 15) is 14.4 Å². The molecule has 2 aliphatic rings. The van der Waals surface area contributed by atoms with E-state index in [4.69, 9.17) is 16.3 Å². The van der Waals surface area contributed by atoms with Crippen LogP contribution in [0, 0.1) is 5.82 Å². The first kappa shape index (κ1) is 27.3. The molecule has 0 radical (unpaired) electrons. The summed E-state index contributed by atoms with van der Waals surface area (Å²) in [5.74, 6) is -0.789. The maximum absolute atomic E-state index is 15.3. The summed E-state index contributed by atoms with van der Waals surface area (Å²) in [6.45, 7) is 7.16. The molecular formula is C27H33ClFN3O4S. The molecule has 1 aliphatic heterocycles. The van der Waals surface area contributed by atoms with Crippen LogP contribution in [0.5, 0.6) is 0 Å². The lowest BCUT2D eigenvalue weighted by Gasteiger charge is -2.39. The van der Waals surface area contributed by atoms with Gasteiger partial charge >= 0.3 is 6.09 Å². The normalized spacial score (nSPS) is 21.5. The summed E-state index contributed by atoms with van der Waals surface area (Å²) in [6.07, 6.45) is 1.99. The van der Waals surface area contributed by atoms with Gasteiger partial charge in [-0.2, -0.15) is 0 Å². The number of anilines is 1. The highest BCUT2D eigenvalue weighted by atomic mass is 35.5. The predicted molar refractivity (Wildman–Crippen MR) is 145 cm³/mol. The number of fused-ring (bicyclic) bond motifs is 1. The zero-order valence-corrected chi connectivity index (χ0v) is 23.1. The minimum atomic E-state index is -1.16. The Hall–Kier alpha value is -2.78. The SMILES string of the molecule is CC1(NC(=O)c2cc3c(cc2F)[SH](Cc2ccc(Cl)cc2)C[C@H](NC(=O)OC(C)(C)C)C(=O)N3)CCC1. The molecule has 0 spiro atoms. The molecule has 2 aromatic rings. The van der Waals surface area contributed by atoms with E-state index in [0.29, 0.717) is 21.4 Å². The van der Waals surface area contributed by atoms with Crippen molar-refractivity contribution < 1.29 is 23.5 Å². The van der Waals surface area contributed by atoms with Crippen LogP contribution < -0.4 is 16.0 Å². The average Bonchev–Trinajstić information content (AvgIpc) is 2.89. The minimum absolute atomic E-state index is 0.118. The Morgan fingerprint density at radius 1 is 1.22 bits per heavy atom. The fourth-order valence-electron chi connectivity index (χ4n) is 4.41. The van der Waals surface area contributed by atoms with Gasteiger partial charge in [-0.3, -0.25) is 9.59 Å². The molecule has 1 unspecified atom stereocenters. The lowest BCUT2D eigenvalue weighted by atomic mass is 9.78. The van der Waals surface area contributed by atoms with Gasteiger partial charge in [-0.25, -0.2) is 20.1 Å². The number of amides is 3. The molecule has 7 nitrogen and oxygen atoms in total. The lowest BCUT2D eigenvalue weighted by molar-refractivity contribution is -0.117. The van der Waals surface area contributed by atoms with Gasteiger partial charge in [0.05, 0.1) is 11.3 Å². The summed E-state index contributed by atoms with van der Waals surface area (Å²) in [7, 11) is -1.16. The van der Waals surface area contributed by atoms with Gasteiger partial charge in [0.25, 0.3) is 5.91 Å². The Morgan fingerprint density at radius 2 is 1.89 bits per heavy atom. The van der Waals surface area contributed by atoms with Crippen LogP contribution in [0.25, 0.3) is 0 Å². The second-order valence-corrected chi connectivity index (χ2v) is 13.6. The number of carbonyl (C=O) groups is 3. The van der Waals surface area contributed by atoms with Gasteiger partial charge in [-0.05, 0) is 76.8 Å². The minimum Gasteiger partial charge on any atom is -0.444 e. The molecule has 1 heterocycles. The Balaban J connectivity index is 1.66. The molecule has 4 rings (SSSR count). The summed E-state index contributed by atoms with van der Waals surface area (Å²) in [6, 6.07) is 9.20. The highest BCUT2D eigenvalue weighted by molar-refractivity contribution is 8.16. The number of carbonyl (C=O) groups excluding carboxylic acids is 3. The van der Waals surface area contributed by atoms with Crippen molar-refractivity contribution in [3.63, 3.8) is 0 Å². The zero-order chi connectivity index (χ0) is 27.0. The molecule has 1 saturated carbocycles. The molecular weight excluding hydrogens is 517 g/mol. The largest absolute Gasteiger partial charge is 0.444 e. The smallest absolute Gasteiger partial charge is 0.408 e. The Morgan fingerprint density at radius 3 is 2.49 bits per heavy atom. The van der Waals surface area contributed by atoms with Crippen LogP contribution in [-0.2, 0) is 15.3 Å². The molecule has 10 heteroatoms. The maximum atomic E-state index is 15.3. The fraction of sp³-hybridized carbons (Fsp3) is 0.444. The summed E-state index contributed by atoms with van der Waals surface area (Å²) >= 11 is 6.04. The zero-order valence-electron chi connectivity index (χ0n) is 21.4. The standard InChI is InChI=1S/C27H33ClFN3O4S/c1-26(2,3)36-25(35)31-21-15-37(14-16-6-8-17(28)9-7-16)22-13-19(29)18(12-20(22)30-24(21)34)23(33)32-27(4)10-5-11-27/h6-9,12-13,21,37H,5,10-11,14-15H2,1-4H3,(H,30,34)(H,31,35)(H,32,33)/t21-/m0/s1. The summed E-state index contributed by atoms with van der Waals surface area (Å²) < 4.78 is 20.7. The molecule has 3 amide bonds.